The van der Waals surface area contributed by atoms with Crippen molar-refractivity contribution in [1.82, 2.24) is 14.7 Å². The molecule has 0 bridgehead atoms. The van der Waals surface area contributed by atoms with E-state index in [4.69, 9.17) is 19.8 Å². The van der Waals surface area contributed by atoms with Crippen LogP contribution in [0, 0.1) is 10.1 Å². The molecule has 10 nitrogen and oxygen atoms in total. The van der Waals surface area contributed by atoms with Gasteiger partial charge in [0.25, 0.3) is 5.69 Å². The van der Waals surface area contributed by atoms with Crippen LogP contribution in [0.4, 0.5) is 5.69 Å². The molecule has 0 aromatic heterocycles. The molecule has 2 aliphatic heterocycles. The Morgan fingerprint density at radius 2 is 1.52 bits per heavy atom. The summed E-state index contributed by atoms with van der Waals surface area (Å²) in [6, 6.07) is 7.70. The summed E-state index contributed by atoms with van der Waals surface area (Å²) in [6.45, 7) is 7.90. The minimum atomic E-state index is -1.82. The van der Waals surface area contributed by atoms with E-state index < -0.39 is 11.9 Å². The third-order valence-electron chi connectivity index (χ3n) is 5.35. The predicted molar refractivity (Wildman–Crippen MR) is 106 cm³/mol. The number of hydrogen-bond donors (Lipinski definition) is 2. The maximum Gasteiger partial charge on any atom is 0.414 e. The van der Waals surface area contributed by atoms with Gasteiger partial charge in [-0.25, -0.2) is 9.59 Å². The molecule has 2 fully saturated rings. The summed E-state index contributed by atoms with van der Waals surface area (Å²) in [5.41, 5.74) is 1.33. The van der Waals surface area contributed by atoms with Crippen LogP contribution in [0.2, 0.25) is 0 Å². The largest absolute Gasteiger partial charge is 0.473 e. The highest BCUT2D eigenvalue weighted by molar-refractivity contribution is 6.27. The molecule has 29 heavy (non-hydrogen) atoms. The molecule has 0 unspecified atom stereocenters. The molecule has 2 saturated heterocycles. The minimum Gasteiger partial charge on any atom is -0.473 e. The number of piperazine rings is 1. The first-order valence-corrected chi connectivity index (χ1v) is 9.60. The van der Waals surface area contributed by atoms with Crippen LogP contribution < -0.4 is 0 Å². The quantitative estimate of drug-likeness (QED) is 0.425. The number of aliphatic carboxylic acids is 2. The molecule has 0 amide bonds. The summed E-state index contributed by atoms with van der Waals surface area (Å²) in [5, 5.41) is 25.5. The molecule has 2 heterocycles. The number of likely N-dealkylation sites (tertiary alicyclic amines) is 1. The Morgan fingerprint density at radius 3 is 1.97 bits per heavy atom. The second kappa shape index (κ2) is 10.8. The van der Waals surface area contributed by atoms with Crippen LogP contribution in [0.5, 0.6) is 0 Å². The van der Waals surface area contributed by atoms with Crippen LogP contribution in [0.15, 0.2) is 24.3 Å². The molecule has 0 aliphatic carbocycles. The molecule has 0 saturated carbocycles. The predicted octanol–water partition coefficient (Wildman–Crippen LogP) is 0.962. The van der Waals surface area contributed by atoms with Gasteiger partial charge in [0, 0.05) is 50.9 Å². The lowest BCUT2D eigenvalue weighted by molar-refractivity contribution is -0.384. The Balaban J connectivity index is 0.000000438. The second-order valence-corrected chi connectivity index (χ2v) is 7.38. The van der Waals surface area contributed by atoms with Crippen molar-refractivity contribution >= 4 is 17.6 Å². The smallest absolute Gasteiger partial charge is 0.414 e. The highest BCUT2D eigenvalue weighted by Crippen LogP contribution is 2.20. The van der Waals surface area contributed by atoms with Gasteiger partial charge in [-0.15, -0.1) is 0 Å². The Labute approximate surface area is 169 Å². The van der Waals surface area contributed by atoms with E-state index in [0.29, 0.717) is 0 Å². The number of carboxylic acids is 2. The summed E-state index contributed by atoms with van der Waals surface area (Å²) < 4.78 is 0. The van der Waals surface area contributed by atoms with Gasteiger partial charge in [-0.3, -0.25) is 19.9 Å². The Hall–Kier alpha value is -2.56. The molecule has 0 spiro atoms. The molecule has 2 aliphatic rings. The molecule has 0 atom stereocenters. The third kappa shape index (κ3) is 7.41. The van der Waals surface area contributed by atoms with Crippen molar-refractivity contribution in [2.24, 2.45) is 0 Å². The molecule has 1 aromatic rings. The van der Waals surface area contributed by atoms with Crippen molar-refractivity contribution in [1.29, 1.82) is 0 Å². The van der Waals surface area contributed by atoms with Crippen molar-refractivity contribution in [2.75, 3.05) is 46.3 Å². The molecule has 0 radical (unpaired) electrons. The zero-order chi connectivity index (χ0) is 21.4. The van der Waals surface area contributed by atoms with E-state index in [1.54, 1.807) is 12.1 Å². The molecule has 10 heteroatoms. The van der Waals surface area contributed by atoms with E-state index in [9.17, 15) is 10.1 Å². The van der Waals surface area contributed by atoms with Gasteiger partial charge in [-0.1, -0.05) is 12.1 Å². The maximum atomic E-state index is 10.7. The van der Waals surface area contributed by atoms with Gasteiger partial charge in [0.05, 0.1) is 4.92 Å². The molecular formula is C19H28N4O6. The second-order valence-electron chi connectivity index (χ2n) is 7.38. The van der Waals surface area contributed by atoms with Crippen LogP contribution in [0.1, 0.15) is 18.4 Å². The topological polar surface area (TPSA) is 127 Å². The van der Waals surface area contributed by atoms with E-state index >= 15 is 0 Å². The number of likely N-dealkylation sites (N-methyl/N-ethyl adjacent to an activating group) is 1. The molecule has 3 rings (SSSR count). The maximum absolute atomic E-state index is 10.7. The monoisotopic (exact) mass is 408 g/mol. The van der Waals surface area contributed by atoms with Crippen LogP contribution in [0.25, 0.3) is 0 Å². The number of benzene rings is 1. The van der Waals surface area contributed by atoms with Crippen molar-refractivity contribution in [2.45, 2.75) is 25.4 Å². The van der Waals surface area contributed by atoms with Gasteiger partial charge in [0.1, 0.15) is 0 Å². The number of piperidine rings is 1. The number of hydrogen-bond acceptors (Lipinski definition) is 7. The van der Waals surface area contributed by atoms with Crippen molar-refractivity contribution in [3.63, 3.8) is 0 Å². The fourth-order valence-electron chi connectivity index (χ4n) is 3.61. The van der Waals surface area contributed by atoms with E-state index in [2.05, 4.69) is 21.7 Å². The Bertz CT molecular complexity index is 683. The lowest BCUT2D eigenvalue weighted by Gasteiger charge is -2.42. The summed E-state index contributed by atoms with van der Waals surface area (Å²) in [7, 11) is 2.20. The van der Waals surface area contributed by atoms with Crippen molar-refractivity contribution < 1.29 is 24.7 Å². The number of rotatable bonds is 4. The van der Waals surface area contributed by atoms with Crippen LogP contribution >= 0.6 is 0 Å². The molecule has 2 N–H and O–H groups in total. The summed E-state index contributed by atoms with van der Waals surface area (Å²) in [4.78, 5) is 36.1. The van der Waals surface area contributed by atoms with Crippen molar-refractivity contribution in [3.8, 4) is 0 Å². The first kappa shape index (κ1) is 22.7. The fraction of sp³-hybridized carbons (Fsp3) is 0.579. The van der Waals surface area contributed by atoms with E-state index in [1.807, 2.05) is 12.1 Å². The standard InChI is InChI=1S/C17H26N4O2.C2H2O4/c1-18-10-12-20(13-11-18)16-6-8-19(9-7-16)14-15-2-4-17(5-3-15)21(22)23;3-1(4)2(5)6/h2-5,16H,6-14H2,1H3;(H,3,4)(H,5,6). The lowest BCUT2D eigenvalue weighted by atomic mass is 10.0. The van der Waals surface area contributed by atoms with Gasteiger partial charge in [0.15, 0.2) is 0 Å². The van der Waals surface area contributed by atoms with Crippen molar-refractivity contribution in [3.05, 3.63) is 39.9 Å². The highest BCUT2D eigenvalue weighted by Gasteiger charge is 2.26. The number of nitro groups is 1. The average molecular weight is 408 g/mol. The normalized spacial score (nSPS) is 19.2. The Kier molecular flexibility index (Phi) is 8.50. The van der Waals surface area contributed by atoms with Gasteiger partial charge < -0.3 is 15.1 Å². The third-order valence-corrected chi connectivity index (χ3v) is 5.35. The van der Waals surface area contributed by atoms with E-state index in [1.165, 1.54) is 39.0 Å². The van der Waals surface area contributed by atoms with Gasteiger partial charge >= 0.3 is 11.9 Å². The number of nitrogens with zero attached hydrogens (tertiary/aromatic N) is 4. The van der Waals surface area contributed by atoms with Crippen LogP contribution in [0.3, 0.4) is 0 Å². The zero-order valence-electron chi connectivity index (χ0n) is 16.6. The first-order valence-electron chi connectivity index (χ1n) is 9.60. The number of non-ortho nitro benzene ring substituents is 1. The minimum absolute atomic E-state index is 0.169. The lowest BCUT2D eigenvalue weighted by Crippen LogP contribution is -2.52. The molecule has 1 aromatic carbocycles. The average Bonchev–Trinajstić information content (AvgIpc) is 2.70. The van der Waals surface area contributed by atoms with E-state index in [-0.39, 0.29) is 10.6 Å². The number of carboxylic acid groups (broad SMARTS) is 2. The fourth-order valence-corrected chi connectivity index (χ4v) is 3.61. The Morgan fingerprint density at radius 1 is 1.00 bits per heavy atom. The molecule has 160 valence electrons. The van der Waals surface area contributed by atoms with E-state index in [0.717, 1.165) is 31.2 Å². The molecular weight excluding hydrogens is 380 g/mol. The number of carbonyl (C=O) groups is 2. The van der Waals surface area contributed by atoms with Gasteiger partial charge in [-0.05, 0) is 38.5 Å². The highest BCUT2D eigenvalue weighted by atomic mass is 16.6. The SMILES string of the molecule is CN1CCN(C2CCN(Cc3ccc([N+](=O)[O-])cc3)CC2)CC1.O=C(O)C(=O)O. The van der Waals surface area contributed by atoms with Gasteiger partial charge in [-0.2, -0.15) is 0 Å². The summed E-state index contributed by atoms with van der Waals surface area (Å²) in [6.07, 6.45) is 2.47. The summed E-state index contributed by atoms with van der Waals surface area (Å²) in [5.74, 6) is -3.65. The van der Waals surface area contributed by atoms with Gasteiger partial charge in [0.2, 0.25) is 0 Å². The van der Waals surface area contributed by atoms with Crippen LogP contribution in [-0.4, -0.2) is 94.1 Å². The zero-order valence-corrected chi connectivity index (χ0v) is 16.6. The first-order chi connectivity index (χ1) is 13.8. The van der Waals surface area contributed by atoms with Crippen LogP contribution in [-0.2, 0) is 16.1 Å². The summed E-state index contributed by atoms with van der Waals surface area (Å²) >= 11 is 0. The number of nitro benzene ring substituents is 1.